The highest BCUT2D eigenvalue weighted by atomic mass is 35.5. The number of fused-ring (bicyclic) bond motifs is 1. The second-order valence-electron chi connectivity index (χ2n) is 4.10. The van der Waals surface area contributed by atoms with Crippen molar-refractivity contribution in [1.29, 1.82) is 0 Å². The largest absolute Gasteiger partial charge is 0.368 e. The van der Waals surface area contributed by atoms with Gasteiger partial charge in [0.05, 0.1) is 5.56 Å². The van der Waals surface area contributed by atoms with Gasteiger partial charge in [-0.1, -0.05) is 25.4 Å². The van der Waals surface area contributed by atoms with E-state index in [2.05, 4.69) is 10.3 Å². The summed E-state index contributed by atoms with van der Waals surface area (Å²) < 4.78 is 0. The van der Waals surface area contributed by atoms with E-state index in [0.29, 0.717) is 23.1 Å². The Labute approximate surface area is 87.5 Å². The molecule has 0 fully saturated rings. The molecule has 0 atom stereocenters. The van der Waals surface area contributed by atoms with Crippen molar-refractivity contribution >= 4 is 23.2 Å². The van der Waals surface area contributed by atoms with Gasteiger partial charge in [-0.15, -0.1) is 0 Å². The molecule has 1 N–H and O–H groups in total. The van der Waals surface area contributed by atoms with E-state index in [9.17, 15) is 4.79 Å². The van der Waals surface area contributed by atoms with Crippen molar-refractivity contribution < 1.29 is 4.79 Å². The summed E-state index contributed by atoms with van der Waals surface area (Å²) in [5.41, 5.74) is 0.272. The number of nitrogens with zero attached hydrogens (tertiary/aromatic N) is 1. The monoisotopic (exact) mass is 210 g/mol. The van der Waals surface area contributed by atoms with Gasteiger partial charge in [0.25, 0.3) is 0 Å². The fourth-order valence-corrected chi connectivity index (χ4v) is 1.65. The predicted octanol–water partition coefficient (Wildman–Crippen LogP) is 2.37. The molecular weight excluding hydrogens is 200 g/mol. The number of carbonyl (C=O) groups excluding carboxylic acids is 1. The number of aromatic nitrogens is 1. The van der Waals surface area contributed by atoms with Crippen LogP contribution in [0.15, 0.2) is 12.1 Å². The second-order valence-corrected chi connectivity index (χ2v) is 4.48. The van der Waals surface area contributed by atoms with Gasteiger partial charge in [0.2, 0.25) is 0 Å². The first-order valence-corrected chi connectivity index (χ1v) is 4.84. The fourth-order valence-electron chi connectivity index (χ4n) is 1.50. The molecule has 2 rings (SSSR count). The summed E-state index contributed by atoms with van der Waals surface area (Å²) in [7, 11) is 0. The maximum absolute atomic E-state index is 11.9. The maximum atomic E-state index is 11.9. The molecule has 0 amide bonds. The van der Waals surface area contributed by atoms with E-state index in [1.54, 1.807) is 12.1 Å². The first-order chi connectivity index (χ1) is 6.50. The summed E-state index contributed by atoms with van der Waals surface area (Å²) in [6.07, 6.45) is 0. The van der Waals surface area contributed by atoms with Crippen LogP contribution in [0.25, 0.3) is 0 Å². The molecule has 0 saturated carbocycles. The van der Waals surface area contributed by atoms with E-state index in [1.807, 2.05) is 13.8 Å². The van der Waals surface area contributed by atoms with E-state index in [1.165, 1.54) is 0 Å². The van der Waals surface area contributed by atoms with Crippen LogP contribution in [-0.2, 0) is 0 Å². The first-order valence-electron chi connectivity index (χ1n) is 4.46. The highest BCUT2D eigenvalue weighted by molar-refractivity contribution is 6.29. The minimum Gasteiger partial charge on any atom is -0.368 e. The minimum atomic E-state index is -0.359. The Morgan fingerprint density at radius 2 is 2.21 bits per heavy atom. The van der Waals surface area contributed by atoms with Gasteiger partial charge < -0.3 is 5.32 Å². The summed E-state index contributed by atoms with van der Waals surface area (Å²) in [5, 5.41) is 3.51. The number of Topliss-reactive ketones (excluding diaryl/α,β-unsaturated/α-hetero) is 1. The number of ketones is 1. The van der Waals surface area contributed by atoms with E-state index in [-0.39, 0.29) is 11.2 Å². The average molecular weight is 211 g/mol. The van der Waals surface area contributed by atoms with Crippen LogP contribution in [0.1, 0.15) is 24.2 Å². The van der Waals surface area contributed by atoms with Crippen LogP contribution in [-0.4, -0.2) is 17.3 Å². The molecule has 2 heterocycles. The molecule has 1 aromatic heterocycles. The number of nitrogens with one attached hydrogen (secondary N) is 1. The molecule has 1 aliphatic rings. The summed E-state index contributed by atoms with van der Waals surface area (Å²) >= 11 is 5.73. The lowest BCUT2D eigenvalue weighted by molar-refractivity contribution is 0.0844. The van der Waals surface area contributed by atoms with Crippen LogP contribution in [0.5, 0.6) is 0 Å². The second kappa shape index (κ2) is 2.95. The van der Waals surface area contributed by atoms with Crippen molar-refractivity contribution in [2.45, 2.75) is 13.8 Å². The van der Waals surface area contributed by atoms with Gasteiger partial charge in [-0.2, -0.15) is 0 Å². The van der Waals surface area contributed by atoms with Crippen molar-refractivity contribution in [2.24, 2.45) is 5.41 Å². The zero-order chi connectivity index (χ0) is 10.3. The average Bonchev–Trinajstić information content (AvgIpc) is 2.12. The maximum Gasteiger partial charge on any atom is 0.173 e. The fraction of sp³-hybridized carbons (Fsp3) is 0.400. The van der Waals surface area contributed by atoms with Crippen LogP contribution >= 0.6 is 11.6 Å². The number of hydrogen-bond donors (Lipinski definition) is 1. The summed E-state index contributed by atoms with van der Waals surface area (Å²) in [6, 6.07) is 3.36. The molecule has 1 aliphatic heterocycles. The molecule has 0 aromatic carbocycles. The normalized spacial score (nSPS) is 18.6. The number of halogens is 1. The van der Waals surface area contributed by atoms with Gasteiger partial charge in [0.1, 0.15) is 11.0 Å². The topological polar surface area (TPSA) is 42.0 Å². The molecule has 0 aliphatic carbocycles. The van der Waals surface area contributed by atoms with Gasteiger partial charge in [-0.05, 0) is 12.1 Å². The van der Waals surface area contributed by atoms with Gasteiger partial charge >= 0.3 is 0 Å². The SMILES string of the molecule is CC1(C)CNc2nc(Cl)ccc2C1=O. The Kier molecular flexibility index (Phi) is 2.00. The standard InChI is InChI=1S/C10H11ClN2O/c1-10(2)5-12-9-6(8(10)14)3-4-7(11)13-9/h3-4H,5H2,1-2H3,(H,12,13). The molecular formula is C10H11ClN2O. The van der Waals surface area contributed by atoms with Crippen molar-refractivity contribution in [3.05, 3.63) is 22.8 Å². The number of pyridine rings is 1. The highest BCUT2D eigenvalue weighted by Crippen LogP contribution is 2.31. The molecule has 74 valence electrons. The Balaban J connectivity index is 2.52. The molecule has 0 radical (unpaired) electrons. The van der Waals surface area contributed by atoms with E-state index in [0.717, 1.165) is 0 Å². The van der Waals surface area contributed by atoms with Crippen LogP contribution in [0.4, 0.5) is 5.82 Å². The number of anilines is 1. The molecule has 0 bridgehead atoms. The summed E-state index contributed by atoms with van der Waals surface area (Å²) in [6.45, 7) is 4.44. The van der Waals surface area contributed by atoms with Gasteiger partial charge in [-0.25, -0.2) is 4.98 Å². The Morgan fingerprint density at radius 3 is 2.93 bits per heavy atom. The van der Waals surface area contributed by atoms with E-state index >= 15 is 0 Å². The molecule has 4 heteroatoms. The molecule has 1 aromatic rings. The lowest BCUT2D eigenvalue weighted by atomic mass is 9.82. The van der Waals surface area contributed by atoms with Crippen molar-refractivity contribution in [2.75, 3.05) is 11.9 Å². The zero-order valence-corrected chi connectivity index (χ0v) is 8.85. The van der Waals surface area contributed by atoms with Crippen molar-refractivity contribution in [3.8, 4) is 0 Å². The molecule has 0 unspecified atom stereocenters. The summed E-state index contributed by atoms with van der Waals surface area (Å²) in [4.78, 5) is 16.0. The molecule has 0 saturated heterocycles. The van der Waals surface area contributed by atoms with Gasteiger partial charge in [-0.3, -0.25) is 4.79 Å². The lowest BCUT2D eigenvalue weighted by Gasteiger charge is -2.29. The highest BCUT2D eigenvalue weighted by Gasteiger charge is 2.34. The Morgan fingerprint density at radius 1 is 1.50 bits per heavy atom. The predicted molar refractivity (Wildman–Crippen MR) is 55.8 cm³/mol. The Bertz CT molecular complexity index is 401. The lowest BCUT2D eigenvalue weighted by Crippen LogP contribution is -2.37. The Hall–Kier alpha value is -1.09. The first kappa shape index (κ1) is 9.46. The third kappa shape index (κ3) is 1.38. The summed E-state index contributed by atoms with van der Waals surface area (Å²) in [5.74, 6) is 0.720. The molecule has 3 nitrogen and oxygen atoms in total. The quantitative estimate of drug-likeness (QED) is 0.669. The number of hydrogen-bond acceptors (Lipinski definition) is 3. The smallest absolute Gasteiger partial charge is 0.173 e. The zero-order valence-electron chi connectivity index (χ0n) is 8.10. The van der Waals surface area contributed by atoms with Crippen molar-refractivity contribution in [1.82, 2.24) is 4.98 Å². The third-order valence-electron chi connectivity index (χ3n) is 2.42. The van der Waals surface area contributed by atoms with E-state index in [4.69, 9.17) is 11.6 Å². The van der Waals surface area contributed by atoms with Crippen LogP contribution in [0.2, 0.25) is 5.15 Å². The third-order valence-corrected chi connectivity index (χ3v) is 2.63. The minimum absolute atomic E-state index is 0.121. The van der Waals surface area contributed by atoms with Gasteiger partial charge in [0.15, 0.2) is 5.78 Å². The van der Waals surface area contributed by atoms with Crippen LogP contribution in [0, 0.1) is 5.41 Å². The van der Waals surface area contributed by atoms with Crippen LogP contribution < -0.4 is 5.32 Å². The van der Waals surface area contributed by atoms with E-state index < -0.39 is 0 Å². The number of rotatable bonds is 0. The molecule has 14 heavy (non-hydrogen) atoms. The van der Waals surface area contributed by atoms with Crippen LogP contribution in [0.3, 0.4) is 0 Å². The number of carbonyl (C=O) groups is 1. The molecule has 0 spiro atoms. The van der Waals surface area contributed by atoms with Gasteiger partial charge in [0, 0.05) is 12.0 Å². The van der Waals surface area contributed by atoms with Crippen molar-refractivity contribution in [3.63, 3.8) is 0 Å².